The van der Waals surface area contributed by atoms with Crippen LogP contribution in [0, 0.1) is 5.92 Å². The molecule has 0 amide bonds. The lowest BCUT2D eigenvalue weighted by atomic mass is 10.00. The lowest BCUT2D eigenvalue weighted by Crippen LogP contribution is -2.13. The van der Waals surface area contributed by atoms with Gasteiger partial charge in [-0.05, 0) is 42.5 Å². The minimum absolute atomic E-state index is 0.158. The molecule has 1 nitrogen and oxygen atoms in total. The van der Waals surface area contributed by atoms with Gasteiger partial charge in [0.15, 0.2) is 5.78 Å². The fourth-order valence-corrected chi connectivity index (χ4v) is 3.61. The maximum Gasteiger partial charge on any atom is 0.176 e. The summed E-state index contributed by atoms with van der Waals surface area (Å²) in [7, 11) is 0. The maximum absolute atomic E-state index is 12.5. The number of rotatable bonds is 3. The molecule has 0 aliphatic heterocycles. The number of benzene rings is 1. The van der Waals surface area contributed by atoms with Gasteiger partial charge in [0.2, 0.25) is 0 Å². The van der Waals surface area contributed by atoms with E-state index in [-0.39, 0.29) is 5.92 Å². The molecule has 0 atom stereocenters. The summed E-state index contributed by atoms with van der Waals surface area (Å²) in [6.07, 6.45) is 2.84. The summed E-state index contributed by atoms with van der Waals surface area (Å²) in [4.78, 5) is 14.7. The lowest BCUT2D eigenvalue weighted by molar-refractivity contribution is 0.0929. The monoisotopic (exact) mass is 256 g/mol. The molecular weight excluding hydrogens is 240 g/mol. The largest absolute Gasteiger partial charge is 0.293 e. The van der Waals surface area contributed by atoms with Crippen molar-refractivity contribution in [3.05, 3.63) is 57.3 Å². The van der Waals surface area contributed by atoms with Crippen LogP contribution in [0.5, 0.6) is 0 Å². The Morgan fingerprint density at radius 3 is 2.39 bits per heavy atom. The molecule has 92 valence electrons. The summed E-state index contributed by atoms with van der Waals surface area (Å²) in [5.74, 6) is 0.488. The predicted octanol–water partition coefficient (Wildman–Crippen LogP) is 3.91. The molecule has 0 unspecified atom stereocenters. The van der Waals surface area contributed by atoms with Crippen LogP contribution in [0.1, 0.15) is 32.6 Å². The minimum atomic E-state index is 0.158. The molecule has 1 aromatic carbocycles. The quantitative estimate of drug-likeness (QED) is 0.761. The fraction of sp³-hybridized carbons (Fsp3) is 0.312. The smallest absolute Gasteiger partial charge is 0.176 e. The van der Waals surface area contributed by atoms with Gasteiger partial charge < -0.3 is 0 Å². The van der Waals surface area contributed by atoms with Crippen molar-refractivity contribution in [2.24, 2.45) is 5.92 Å². The lowest BCUT2D eigenvalue weighted by Gasteiger charge is -2.05. The van der Waals surface area contributed by atoms with Crippen molar-refractivity contribution < 1.29 is 4.79 Å². The van der Waals surface area contributed by atoms with Gasteiger partial charge in [-0.1, -0.05) is 31.2 Å². The van der Waals surface area contributed by atoms with Crippen molar-refractivity contribution in [2.75, 3.05) is 0 Å². The number of hydrogen-bond donors (Lipinski definition) is 0. The Kier molecular flexibility index (Phi) is 3.04. The topological polar surface area (TPSA) is 17.1 Å². The standard InChI is InChI=1S/C16H16OS/c1-2-14-7-8-15(18-14)16(17)13-9-11-5-3-4-6-12(11)10-13/h3-8,13H,2,9-10H2,1H3. The average Bonchev–Trinajstić information content (AvgIpc) is 3.04. The molecule has 0 saturated carbocycles. The van der Waals surface area contributed by atoms with E-state index >= 15 is 0 Å². The van der Waals surface area contributed by atoms with Crippen LogP contribution >= 0.6 is 11.3 Å². The molecule has 0 spiro atoms. The summed E-state index contributed by atoms with van der Waals surface area (Å²) in [6.45, 7) is 2.13. The van der Waals surface area contributed by atoms with Crippen molar-refractivity contribution >= 4 is 17.1 Å². The number of hydrogen-bond acceptors (Lipinski definition) is 2. The van der Waals surface area contributed by atoms with Crippen molar-refractivity contribution in [1.82, 2.24) is 0 Å². The highest BCUT2D eigenvalue weighted by molar-refractivity contribution is 7.14. The summed E-state index contributed by atoms with van der Waals surface area (Å²) < 4.78 is 0. The van der Waals surface area contributed by atoms with E-state index in [2.05, 4.69) is 37.3 Å². The van der Waals surface area contributed by atoms with Crippen molar-refractivity contribution in [3.8, 4) is 0 Å². The number of carbonyl (C=O) groups excluding carboxylic acids is 1. The van der Waals surface area contributed by atoms with Gasteiger partial charge in [0.1, 0.15) is 0 Å². The highest BCUT2D eigenvalue weighted by atomic mass is 32.1. The van der Waals surface area contributed by atoms with Gasteiger partial charge in [0.05, 0.1) is 4.88 Å². The zero-order chi connectivity index (χ0) is 12.5. The van der Waals surface area contributed by atoms with Crippen LogP contribution in [-0.4, -0.2) is 5.78 Å². The molecule has 0 radical (unpaired) electrons. The third kappa shape index (κ3) is 2.01. The number of carbonyl (C=O) groups is 1. The molecule has 2 aromatic rings. The second-order valence-electron chi connectivity index (χ2n) is 4.86. The van der Waals surface area contributed by atoms with Gasteiger partial charge in [-0.15, -0.1) is 11.3 Å². The summed E-state index contributed by atoms with van der Waals surface area (Å²) in [6, 6.07) is 12.5. The van der Waals surface area contributed by atoms with Gasteiger partial charge in [0, 0.05) is 10.8 Å². The number of aryl methyl sites for hydroxylation is 1. The first-order valence-corrected chi connectivity index (χ1v) is 7.29. The van der Waals surface area contributed by atoms with Gasteiger partial charge in [-0.25, -0.2) is 0 Å². The minimum Gasteiger partial charge on any atom is -0.293 e. The number of Topliss-reactive ketones (excluding diaryl/α,β-unsaturated/α-hetero) is 1. The van der Waals surface area contributed by atoms with E-state index in [0.717, 1.165) is 24.1 Å². The third-order valence-corrected chi connectivity index (χ3v) is 4.92. The zero-order valence-corrected chi connectivity index (χ0v) is 11.3. The fourth-order valence-electron chi connectivity index (χ4n) is 2.65. The highest BCUT2D eigenvalue weighted by Gasteiger charge is 2.28. The summed E-state index contributed by atoms with van der Waals surface area (Å²) >= 11 is 1.66. The molecule has 18 heavy (non-hydrogen) atoms. The third-order valence-electron chi connectivity index (χ3n) is 3.67. The number of ketones is 1. The Labute approximate surface area is 111 Å². The van der Waals surface area contributed by atoms with E-state index in [9.17, 15) is 4.79 Å². The van der Waals surface area contributed by atoms with E-state index in [1.54, 1.807) is 11.3 Å². The molecule has 3 rings (SSSR count). The molecule has 1 aliphatic rings. The number of fused-ring (bicyclic) bond motifs is 1. The Hall–Kier alpha value is -1.41. The van der Waals surface area contributed by atoms with Crippen LogP contribution in [0.4, 0.5) is 0 Å². The first-order valence-electron chi connectivity index (χ1n) is 6.47. The second-order valence-corrected chi connectivity index (χ2v) is 6.03. The van der Waals surface area contributed by atoms with Crippen LogP contribution in [-0.2, 0) is 19.3 Å². The van der Waals surface area contributed by atoms with E-state index in [0.29, 0.717) is 5.78 Å². The SMILES string of the molecule is CCc1ccc(C(=O)C2Cc3ccccc3C2)s1. The molecule has 0 N–H and O–H groups in total. The molecule has 2 heteroatoms. The van der Waals surface area contributed by atoms with Gasteiger partial charge >= 0.3 is 0 Å². The Morgan fingerprint density at radius 1 is 1.17 bits per heavy atom. The van der Waals surface area contributed by atoms with Crippen LogP contribution in [0.25, 0.3) is 0 Å². The van der Waals surface area contributed by atoms with Crippen LogP contribution in [0.15, 0.2) is 36.4 Å². The Morgan fingerprint density at radius 2 is 1.83 bits per heavy atom. The Balaban J connectivity index is 1.80. The molecule has 0 fully saturated rings. The van der Waals surface area contributed by atoms with E-state index in [1.165, 1.54) is 16.0 Å². The zero-order valence-electron chi connectivity index (χ0n) is 10.5. The predicted molar refractivity (Wildman–Crippen MR) is 75.4 cm³/mol. The van der Waals surface area contributed by atoms with Crippen molar-refractivity contribution in [3.63, 3.8) is 0 Å². The molecular formula is C16H16OS. The van der Waals surface area contributed by atoms with Crippen LogP contribution < -0.4 is 0 Å². The molecule has 1 aromatic heterocycles. The highest BCUT2D eigenvalue weighted by Crippen LogP contribution is 2.30. The van der Waals surface area contributed by atoms with E-state index < -0.39 is 0 Å². The van der Waals surface area contributed by atoms with Crippen molar-refractivity contribution in [1.29, 1.82) is 0 Å². The molecule has 0 saturated heterocycles. The molecule has 0 bridgehead atoms. The first kappa shape index (κ1) is 11.7. The van der Waals surface area contributed by atoms with Crippen LogP contribution in [0.2, 0.25) is 0 Å². The maximum atomic E-state index is 12.5. The first-order chi connectivity index (χ1) is 8.78. The van der Waals surface area contributed by atoms with Gasteiger partial charge in [-0.3, -0.25) is 4.79 Å². The second kappa shape index (κ2) is 4.69. The summed E-state index contributed by atoms with van der Waals surface area (Å²) in [5, 5.41) is 0. The summed E-state index contributed by atoms with van der Waals surface area (Å²) in [5.41, 5.74) is 2.70. The Bertz CT molecular complexity index is 557. The van der Waals surface area contributed by atoms with Gasteiger partial charge in [0.25, 0.3) is 0 Å². The average molecular weight is 256 g/mol. The van der Waals surface area contributed by atoms with Crippen LogP contribution in [0.3, 0.4) is 0 Å². The van der Waals surface area contributed by atoms with Gasteiger partial charge in [-0.2, -0.15) is 0 Å². The normalized spacial score (nSPS) is 14.7. The number of thiophene rings is 1. The van der Waals surface area contributed by atoms with Crippen molar-refractivity contribution in [2.45, 2.75) is 26.2 Å². The van der Waals surface area contributed by atoms with E-state index in [4.69, 9.17) is 0 Å². The molecule has 1 heterocycles. The van der Waals surface area contributed by atoms with E-state index in [1.807, 2.05) is 6.07 Å². The molecule has 1 aliphatic carbocycles.